The third-order valence-electron chi connectivity index (χ3n) is 5.87. The molecule has 0 unspecified atom stereocenters. The summed E-state index contributed by atoms with van der Waals surface area (Å²) in [6, 6.07) is 0.414. The van der Waals surface area contributed by atoms with E-state index in [1.165, 1.54) is 43.9 Å². The lowest BCUT2D eigenvalue weighted by molar-refractivity contribution is -0.150. The highest BCUT2D eigenvalue weighted by atomic mass is 32.2. The van der Waals surface area contributed by atoms with Gasteiger partial charge in [-0.15, -0.1) is 16.9 Å². The number of carbonyl (C=O) groups excluding carboxylic acids is 2. The fourth-order valence-electron chi connectivity index (χ4n) is 4.04. The maximum absolute atomic E-state index is 13.1. The number of alkyl halides is 2. The maximum atomic E-state index is 13.1. The van der Waals surface area contributed by atoms with Crippen LogP contribution in [0.5, 0.6) is 0 Å². The summed E-state index contributed by atoms with van der Waals surface area (Å²) in [5.74, 6) is -1.58. The Hall–Kier alpha value is -3.01. The third-order valence-corrected chi connectivity index (χ3v) is 8.30. The van der Waals surface area contributed by atoms with Crippen molar-refractivity contribution >= 4 is 41.3 Å². The van der Waals surface area contributed by atoms with E-state index in [0.717, 1.165) is 12.8 Å². The molecule has 1 aliphatic carbocycles. The molecule has 4 heterocycles. The minimum Gasteiger partial charge on any atom is -0.477 e. The highest BCUT2D eigenvalue weighted by Crippen LogP contribution is 2.42. The van der Waals surface area contributed by atoms with Crippen molar-refractivity contribution in [2.75, 3.05) is 11.5 Å². The van der Waals surface area contributed by atoms with Crippen LogP contribution >= 0.6 is 23.5 Å². The number of nitrogens with zero attached hydrogens (tertiary/aromatic N) is 7. The molecule has 2 aliphatic heterocycles. The number of carboxylic acid groups (broad SMARTS) is 1. The molecule has 2 aromatic heterocycles. The topological polar surface area (TPSA) is 148 Å². The van der Waals surface area contributed by atoms with E-state index in [1.807, 2.05) is 0 Å². The van der Waals surface area contributed by atoms with Gasteiger partial charge in [0.2, 0.25) is 11.1 Å². The first-order valence-electron chi connectivity index (χ1n) is 10.6. The number of aryl methyl sites for hydroxylation is 1. The number of thioether (sulfide) groups is 2. The summed E-state index contributed by atoms with van der Waals surface area (Å²) >= 11 is 2.60. The van der Waals surface area contributed by atoms with Crippen LogP contribution in [0.15, 0.2) is 22.5 Å². The zero-order valence-electron chi connectivity index (χ0n) is 18.3. The second kappa shape index (κ2) is 9.22. The number of rotatable bonds is 9. The summed E-state index contributed by atoms with van der Waals surface area (Å²) in [6.45, 7) is -0.297. The molecule has 35 heavy (non-hydrogen) atoms. The van der Waals surface area contributed by atoms with Crippen molar-refractivity contribution in [3.05, 3.63) is 28.7 Å². The molecular weight excluding hydrogens is 506 g/mol. The second-order valence-corrected chi connectivity index (χ2v) is 10.4. The van der Waals surface area contributed by atoms with Crippen molar-refractivity contribution < 1.29 is 28.3 Å². The minimum absolute atomic E-state index is 0.100. The lowest BCUT2D eigenvalue weighted by Crippen LogP contribution is -2.70. The number of hydrogen-bond donors (Lipinski definition) is 2. The van der Waals surface area contributed by atoms with E-state index in [9.17, 15) is 28.3 Å². The molecule has 2 fully saturated rings. The van der Waals surface area contributed by atoms with Gasteiger partial charge >= 0.3 is 5.97 Å². The Labute approximate surface area is 205 Å². The van der Waals surface area contributed by atoms with Crippen molar-refractivity contribution in [1.82, 2.24) is 40.2 Å². The number of aliphatic carboxylic acids is 1. The Morgan fingerprint density at radius 2 is 2.14 bits per heavy atom. The van der Waals surface area contributed by atoms with Gasteiger partial charge in [-0.25, -0.2) is 18.3 Å². The van der Waals surface area contributed by atoms with Crippen LogP contribution in [0.3, 0.4) is 0 Å². The van der Waals surface area contributed by atoms with Crippen LogP contribution in [0.2, 0.25) is 0 Å². The van der Waals surface area contributed by atoms with Crippen LogP contribution in [-0.4, -0.2) is 80.7 Å². The molecule has 186 valence electrons. The Balaban J connectivity index is 1.26. The van der Waals surface area contributed by atoms with E-state index in [0.29, 0.717) is 22.2 Å². The predicted octanol–water partition coefficient (Wildman–Crippen LogP) is 0.752. The number of hydrogen-bond acceptors (Lipinski definition) is 9. The number of amides is 2. The zero-order valence-corrected chi connectivity index (χ0v) is 19.9. The Kier molecular flexibility index (Phi) is 6.25. The molecule has 2 atom stereocenters. The van der Waals surface area contributed by atoms with E-state index in [-0.39, 0.29) is 29.6 Å². The number of carbonyl (C=O) groups is 3. The largest absolute Gasteiger partial charge is 0.477 e. The summed E-state index contributed by atoms with van der Waals surface area (Å²) in [5, 5.41) is 27.3. The highest BCUT2D eigenvalue weighted by Gasteiger charge is 2.54. The molecule has 16 heteroatoms. The van der Waals surface area contributed by atoms with Crippen molar-refractivity contribution in [2.24, 2.45) is 7.05 Å². The number of β-lactam (4-membered cyclic amide) rings is 1. The fraction of sp³-hybridized carbons (Fsp3) is 0.526. The SMILES string of the molecule is Cn1nnnc1SCC1=C(C(=O)O)N2C(=O)[C@@H](NC(=O)Cn3nc(C(F)F)cc3C3CC3)[C@@H]2SC1. The molecule has 12 nitrogen and oxygen atoms in total. The van der Waals surface area contributed by atoms with Crippen LogP contribution < -0.4 is 5.32 Å². The molecule has 0 radical (unpaired) electrons. The first-order chi connectivity index (χ1) is 16.7. The quantitative estimate of drug-likeness (QED) is 0.354. The van der Waals surface area contributed by atoms with E-state index < -0.39 is 35.6 Å². The summed E-state index contributed by atoms with van der Waals surface area (Å²) in [6.07, 6.45) is -1.04. The highest BCUT2D eigenvalue weighted by molar-refractivity contribution is 8.01. The number of aromatic nitrogens is 6. The fourth-order valence-corrected chi connectivity index (χ4v) is 6.37. The number of tetrazole rings is 1. The first kappa shape index (κ1) is 23.7. The molecule has 0 aromatic carbocycles. The van der Waals surface area contributed by atoms with Crippen molar-refractivity contribution in [2.45, 2.75) is 48.3 Å². The number of nitrogens with one attached hydrogen (secondary N) is 1. The monoisotopic (exact) mass is 526 g/mol. The molecule has 5 rings (SSSR count). The average Bonchev–Trinajstić information content (AvgIpc) is 3.45. The molecule has 0 spiro atoms. The van der Waals surface area contributed by atoms with Crippen molar-refractivity contribution in [3.63, 3.8) is 0 Å². The Bertz CT molecular complexity index is 1230. The van der Waals surface area contributed by atoms with Gasteiger partial charge in [-0.1, -0.05) is 11.8 Å². The number of carboxylic acids is 1. The summed E-state index contributed by atoms with van der Waals surface area (Å²) in [7, 11) is 1.66. The first-order valence-corrected chi connectivity index (χ1v) is 12.7. The second-order valence-electron chi connectivity index (χ2n) is 8.31. The van der Waals surface area contributed by atoms with E-state index >= 15 is 0 Å². The molecule has 0 bridgehead atoms. The Morgan fingerprint density at radius 3 is 2.77 bits per heavy atom. The Morgan fingerprint density at radius 1 is 1.37 bits per heavy atom. The number of halogens is 2. The van der Waals surface area contributed by atoms with Crippen LogP contribution in [0, 0.1) is 0 Å². The van der Waals surface area contributed by atoms with E-state index in [4.69, 9.17) is 0 Å². The van der Waals surface area contributed by atoms with Gasteiger partial charge in [0.1, 0.15) is 29.4 Å². The van der Waals surface area contributed by atoms with Crippen LogP contribution in [-0.2, 0) is 28.0 Å². The van der Waals surface area contributed by atoms with Gasteiger partial charge in [0.25, 0.3) is 12.3 Å². The molecule has 3 aliphatic rings. The number of fused-ring (bicyclic) bond motifs is 1. The van der Waals surface area contributed by atoms with Gasteiger partial charge in [-0.2, -0.15) is 5.10 Å². The summed E-state index contributed by atoms with van der Waals surface area (Å²) in [4.78, 5) is 38.7. The van der Waals surface area contributed by atoms with E-state index in [2.05, 4.69) is 25.9 Å². The van der Waals surface area contributed by atoms with Crippen LogP contribution in [0.4, 0.5) is 8.78 Å². The van der Waals surface area contributed by atoms with Crippen molar-refractivity contribution in [1.29, 1.82) is 0 Å². The average molecular weight is 527 g/mol. The van der Waals surface area contributed by atoms with Gasteiger partial charge in [-0.05, 0) is 34.9 Å². The third kappa shape index (κ3) is 4.51. The van der Waals surface area contributed by atoms with E-state index in [1.54, 1.807) is 7.05 Å². The van der Waals surface area contributed by atoms with Gasteiger partial charge < -0.3 is 10.4 Å². The molecular formula is C19H20F2N8O4S2. The van der Waals surface area contributed by atoms with Crippen LogP contribution in [0.25, 0.3) is 0 Å². The molecule has 1 saturated carbocycles. The molecule has 1 saturated heterocycles. The van der Waals surface area contributed by atoms with Gasteiger partial charge in [0.05, 0.1) is 0 Å². The van der Waals surface area contributed by atoms with Crippen molar-refractivity contribution in [3.8, 4) is 0 Å². The lowest BCUT2D eigenvalue weighted by atomic mass is 10.0. The smallest absolute Gasteiger partial charge is 0.352 e. The molecule has 2 N–H and O–H groups in total. The molecule has 2 aromatic rings. The van der Waals surface area contributed by atoms with Gasteiger partial charge in [-0.3, -0.25) is 19.2 Å². The van der Waals surface area contributed by atoms with Crippen LogP contribution in [0.1, 0.15) is 36.6 Å². The molecule has 2 amide bonds. The normalized spacial score (nSPS) is 21.8. The summed E-state index contributed by atoms with van der Waals surface area (Å²) < 4.78 is 28.9. The minimum atomic E-state index is -2.74. The predicted molar refractivity (Wildman–Crippen MR) is 118 cm³/mol. The lowest BCUT2D eigenvalue weighted by Gasteiger charge is -2.49. The van der Waals surface area contributed by atoms with Gasteiger partial charge in [0.15, 0.2) is 0 Å². The zero-order chi connectivity index (χ0) is 24.9. The summed E-state index contributed by atoms with van der Waals surface area (Å²) in [5.41, 5.74) is 0.652. The van der Waals surface area contributed by atoms with Gasteiger partial charge in [0, 0.05) is 30.2 Å². The standard InChI is InChI=1S/C19H20F2N8O4S2/c1-27-19(23-25-26-27)35-7-9-6-34-17-13(16(31)29(17)14(9)18(32)33)22-12(30)5-28-11(8-2-3-8)4-10(24-28)15(20)21/h4,8,13,15,17H,2-3,5-7H2,1H3,(H,22,30)(H,32,33)/t13-,17+/m1/s1. The maximum Gasteiger partial charge on any atom is 0.352 e.